The van der Waals surface area contributed by atoms with Crippen molar-refractivity contribution in [2.45, 2.75) is 37.2 Å². The Morgan fingerprint density at radius 3 is 2.73 bits per heavy atom. The Morgan fingerprint density at radius 2 is 2.04 bits per heavy atom. The van der Waals surface area contributed by atoms with E-state index in [-0.39, 0.29) is 18.2 Å². The fraction of sp³-hybridized carbons (Fsp3) is 0.438. The first kappa shape index (κ1) is 19.3. The molecule has 1 atom stereocenters. The zero-order valence-electron chi connectivity index (χ0n) is 14.5. The Bertz CT molecular complexity index is 898. The van der Waals surface area contributed by atoms with Gasteiger partial charge in [-0.2, -0.15) is 4.31 Å². The Kier molecular flexibility index (Phi) is 5.96. The molecule has 1 aromatic carbocycles. The van der Waals surface area contributed by atoms with Crippen LogP contribution in [0.25, 0.3) is 0 Å². The molecule has 1 aromatic heterocycles. The first-order chi connectivity index (χ1) is 12.4. The molecule has 0 aliphatic carbocycles. The van der Waals surface area contributed by atoms with Crippen molar-refractivity contribution < 1.29 is 13.2 Å². The van der Waals surface area contributed by atoms with Gasteiger partial charge in [0.05, 0.1) is 5.75 Å². The van der Waals surface area contributed by atoms with E-state index in [0.717, 1.165) is 21.2 Å². The number of rotatable bonds is 6. The number of nitrogens with zero attached hydrogens (tertiary/aromatic N) is 3. The molecule has 10 heteroatoms. The summed E-state index contributed by atoms with van der Waals surface area (Å²) in [5, 5.41) is 11.1. The standard InChI is InChI=1S/C16H20N4O3S3/c1-3-24-16-19-18-15(25-16)17-14(21)13-9-11-7-5-6-8-12(11)10-20(13)26(22,23)4-2/h5-8,13H,3-4,9-10H2,1-2H3,(H,17,18,21)/t13-/m0/s1. The van der Waals surface area contributed by atoms with Crippen LogP contribution in [0, 0.1) is 0 Å². The smallest absolute Gasteiger partial charge is 0.245 e. The predicted molar refractivity (Wildman–Crippen MR) is 104 cm³/mol. The zero-order chi connectivity index (χ0) is 18.7. The van der Waals surface area contributed by atoms with Crippen molar-refractivity contribution in [1.29, 1.82) is 0 Å². The molecule has 1 N–H and O–H groups in total. The molecule has 3 rings (SSSR count). The Morgan fingerprint density at radius 1 is 1.31 bits per heavy atom. The highest BCUT2D eigenvalue weighted by Crippen LogP contribution is 2.29. The number of aromatic nitrogens is 2. The number of anilines is 1. The number of nitrogens with one attached hydrogen (secondary N) is 1. The summed E-state index contributed by atoms with van der Waals surface area (Å²) in [6.07, 6.45) is 0.344. The second kappa shape index (κ2) is 8.03. The fourth-order valence-electron chi connectivity index (χ4n) is 2.81. The topological polar surface area (TPSA) is 92.3 Å². The summed E-state index contributed by atoms with van der Waals surface area (Å²) in [5.41, 5.74) is 1.93. The second-order valence-electron chi connectivity index (χ2n) is 5.73. The molecular weight excluding hydrogens is 392 g/mol. The van der Waals surface area contributed by atoms with Crippen LogP contribution in [0.15, 0.2) is 28.6 Å². The number of fused-ring (bicyclic) bond motifs is 1. The third-order valence-electron chi connectivity index (χ3n) is 4.13. The van der Waals surface area contributed by atoms with Gasteiger partial charge in [-0.25, -0.2) is 8.42 Å². The Hall–Kier alpha value is -1.49. The second-order valence-corrected chi connectivity index (χ2v) is 10.4. The van der Waals surface area contributed by atoms with Crippen molar-refractivity contribution in [2.24, 2.45) is 0 Å². The molecule has 0 unspecified atom stereocenters. The van der Waals surface area contributed by atoms with Crippen LogP contribution < -0.4 is 5.32 Å². The van der Waals surface area contributed by atoms with E-state index in [1.165, 1.54) is 15.6 Å². The highest BCUT2D eigenvalue weighted by Gasteiger charge is 2.38. The summed E-state index contributed by atoms with van der Waals surface area (Å²) in [6, 6.07) is 6.83. The average molecular weight is 413 g/mol. The van der Waals surface area contributed by atoms with Crippen LogP contribution in [-0.4, -0.2) is 46.4 Å². The summed E-state index contributed by atoms with van der Waals surface area (Å²) in [4.78, 5) is 12.8. The first-order valence-electron chi connectivity index (χ1n) is 8.28. The van der Waals surface area contributed by atoms with Crippen LogP contribution in [-0.2, 0) is 27.8 Å². The minimum Gasteiger partial charge on any atom is -0.299 e. The SMILES string of the molecule is CCSc1nnc(NC(=O)[C@@H]2Cc3ccccc3CN2S(=O)(=O)CC)s1. The van der Waals surface area contributed by atoms with Gasteiger partial charge in [0.1, 0.15) is 6.04 Å². The average Bonchev–Trinajstić information content (AvgIpc) is 3.07. The van der Waals surface area contributed by atoms with E-state index in [1.807, 2.05) is 31.2 Å². The summed E-state index contributed by atoms with van der Waals surface area (Å²) in [5.74, 6) is 0.445. The van der Waals surface area contributed by atoms with Crippen molar-refractivity contribution in [3.8, 4) is 0 Å². The molecular formula is C16H20N4O3S3. The molecule has 2 aromatic rings. The van der Waals surface area contributed by atoms with Gasteiger partial charge in [-0.15, -0.1) is 10.2 Å². The van der Waals surface area contributed by atoms with E-state index >= 15 is 0 Å². The van der Waals surface area contributed by atoms with Gasteiger partial charge in [0.25, 0.3) is 0 Å². The first-order valence-corrected chi connectivity index (χ1v) is 11.7. The zero-order valence-corrected chi connectivity index (χ0v) is 17.0. The molecule has 0 fully saturated rings. The summed E-state index contributed by atoms with van der Waals surface area (Å²) < 4.78 is 27.1. The monoisotopic (exact) mass is 412 g/mol. The molecule has 0 saturated heterocycles. The lowest BCUT2D eigenvalue weighted by Gasteiger charge is -2.34. The normalized spacial score (nSPS) is 17.7. The van der Waals surface area contributed by atoms with Gasteiger partial charge in [-0.3, -0.25) is 10.1 Å². The van der Waals surface area contributed by atoms with Crippen LogP contribution in [0.1, 0.15) is 25.0 Å². The number of sulfonamides is 1. The Balaban J connectivity index is 1.85. The maximum Gasteiger partial charge on any atom is 0.245 e. The quantitative estimate of drug-likeness (QED) is 0.578. The number of hydrogen-bond acceptors (Lipinski definition) is 7. The van der Waals surface area contributed by atoms with Crippen molar-refractivity contribution in [1.82, 2.24) is 14.5 Å². The predicted octanol–water partition coefficient (Wildman–Crippen LogP) is 2.37. The lowest BCUT2D eigenvalue weighted by atomic mass is 9.95. The Labute approximate surface area is 161 Å². The maximum atomic E-state index is 12.8. The van der Waals surface area contributed by atoms with Gasteiger partial charge >= 0.3 is 0 Å². The van der Waals surface area contributed by atoms with E-state index in [4.69, 9.17) is 0 Å². The van der Waals surface area contributed by atoms with Gasteiger partial charge in [0.15, 0.2) is 4.34 Å². The number of amides is 1. The number of carbonyl (C=O) groups is 1. The number of carbonyl (C=O) groups excluding carboxylic acids is 1. The van der Waals surface area contributed by atoms with Crippen LogP contribution in [0.4, 0.5) is 5.13 Å². The third kappa shape index (κ3) is 4.08. The largest absolute Gasteiger partial charge is 0.299 e. The highest BCUT2D eigenvalue weighted by atomic mass is 32.2. The van der Waals surface area contributed by atoms with Crippen LogP contribution in [0.3, 0.4) is 0 Å². The van der Waals surface area contributed by atoms with Crippen molar-refractivity contribution in [3.05, 3.63) is 35.4 Å². The molecule has 26 heavy (non-hydrogen) atoms. The van der Waals surface area contributed by atoms with E-state index in [1.54, 1.807) is 18.7 Å². The fourth-order valence-corrected chi connectivity index (χ4v) is 5.69. The lowest BCUT2D eigenvalue weighted by molar-refractivity contribution is -0.120. The minimum absolute atomic E-state index is 0.0466. The molecule has 140 valence electrons. The summed E-state index contributed by atoms with van der Waals surface area (Å²) in [6.45, 7) is 3.80. The van der Waals surface area contributed by atoms with Crippen LogP contribution >= 0.6 is 23.1 Å². The van der Waals surface area contributed by atoms with E-state index < -0.39 is 16.1 Å². The van der Waals surface area contributed by atoms with Gasteiger partial charge < -0.3 is 0 Å². The molecule has 1 aliphatic rings. The van der Waals surface area contributed by atoms with Gasteiger partial charge in [-0.05, 0) is 30.2 Å². The van der Waals surface area contributed by atoms with E-state index in [0.29, 0.717) is 11.6 Å². The molecule has 1 amide bonds. The van der Waals surface area contributed by atoms with E-state index in [9.17, 15) is 13.2 Å². The molecule has 2 heterocycles. The van der Waals surface area contributed by atoms with Gasteiger partial charge in [-0.1, -0.05) is 54.3 Å². The number of hydrogen-bond donors (Lipinski definition) is 1. The molecule has 7 nitrogen and oxygen atoms in total. The van der Waals surface area contributed by atoms with Crippen LogP contribution in [0.5, 0.6) is 0 Å². The minimum atomic E-state index is -3.52. The summed E-state index contributed by atoms with van der Waals surface area (Å²) >= 11 is 2.84. The van der Waals surface area contributed by atoms with E-state index in [2.05, 4.69) is 15.5 Å². The molecule has 0 bridgehead atoms. The highest BCUT2D eigenvalue weighted by molar-refractivity contribution is 8.01. The van der Waals surface area contributed by atoms with Crippen LogP contribution in [0.2, 0.25) is 0 Å². The van der Waals surface area contributed by atoms with Crippen molar-refractivity contribution in [3.63, 3.8) is 0 Å². The molecule has 0 saturated carbocycles. The molecule has 1 aliphatic heterocycles. The van der Waals surface area contributed by atoms with Gasteiger partial charge in [0.2, 0.25) is 21.1 Å². The van der Waals surface area contributed by atoms with Gasteiger partial charge in [0, 0.05) is 6.54 Å². The number of thioether (sulfide) groups is 1. The lowest BCUT2D eigenvalue weighted by Crippen LogP contribution is -2.51. The molecule has 0 spiro atoms. The third-order valence-corrected chi connectivity index (χ3v) is 7.82. The molecule has 0 radical (unpaired) electrons. The maximum absolute atomic E-state index is 12.8. The van der Waals surface area contributed by atoms with Crippen molar-refractivity contribution in [2.75, 3.05) is 16.8 Å². The number of benzene rings is 1. The van der Waals surface area contributed by atoms with Crippen molar-refractivity contribution >= 4 is 44.2 Å². The summed E-state index contributed by atoms with van der Waals surface area (Å²) in [7, 11) is -3.52.